The molecule has 1 saturated heterocycles. The summed E-state index contributed by atoms with van der Waals surface area (Å²) in [7, 11) is 1.59. The van der Waals surface area contributed by atoms with E-state index >= 15 is 0 Å². The number of benzene rings is 1. The SMILES string of the molecule is CCCCSc1nnc(NC(=O)[C@@H]2CC(=O)N(c3ccc(OC)cc3)C2)s1. The number of amides is 2. The third-order valence-electron chi connectivity index (χ3n) is 4.24. The number of carbonyl (C=O) groups excluding carboxylic acids is 2. The Kier molecular flexibility index (Phi) is 6.68. The largest absolute Gasteiger partial charge is 0.497 e. The molecule has 0 aliphatic carbocycles. The molecule has 1 aliphatic rings. The number of hydrogen-bond donors (Lipinski definition) is 1. The normalized spacial score (nSPS) is 16.6. The van der Waals surface area contributed by atoms with E-state index in [1.165, 1.54) is 11.3 Å². The Morgan fingerprint density at radius 3 is 2.85 bits per heavy atom. The molecule has 0 saturated carbocycles. The summed E-state index contributed by atoms with van der Waals surface area (Å²) in [5, 5.41) is 11.4. The van der Waals surface area contributed by atoms with Crippen LogP contribution in [0.5, 0.6) is 5.75 Å². The van der Waals surface area contributed by atoms with Crippen molar-refractivity contribution in [1.29, 1.82) is 0 Å². The number of nitrogens with one attached hydrogen (secondary N) is 1. The Morgan fingerprint density at radius 1 is 1.37 bits per heavy atom. The second kappa shape index (κ2) is 9.18. The van der Waals surface area contributed by atoms with Crippen LogP contribution in [-0.4, -0.2) is 41.4 Å². The molecule has 3 rings (SSSR count). The highest BCUT2D eigenvalue weighted by atomic mass is 32.2. The lowest BCUT2D eigenvalue weighted by Crippen LogP contribution is -2.28. The lowest BCUT2D eigenvalue weighted by Gasteiger charge is -2.16. The van der Waals surface area contributed by atoms with E-state index in [4.69, 9.17) is 4.74 Å². The zero-order valence-corrected chi connectivity index (χ0v) is 16.9. The number of methoxy groups -OCH3 is 1. The van der Waals surface area contributed by atoms with Crippen molar-refractivity contribution in [3.05, 3.63) is 24.3 Å². The van der Waals surface area contributed by atoms with Crippen LogP contribution >= 0.6 is 23.1 Å². The van der Waals surface area contributed by atoms with Crippen molar-refractivity contribution in [3.63, 3.8) is 0 Å². The summed E-state index contributed by atoms with van der Waals surface area (Å²) < 4.78 is 5.98. The van der Waals surface area contributed by atoms with Gasteiger partial charge >= 0.3 is 0 Å². The first-order chi connectivity index (χ1) is 13.1. The van der Waals surface area contributed by atoms with Gasteiger partial charge in [-0.15, -0.1) is 10.2 Å². The zero-order valence-electron chi connectivity index (χ0n) is 15.3. The Balaban J connectivity index is 1.57. The molecule has 1 aliphatic heterocycles. The van der Waals surface area contributed by atoms with E-state index in [1.807, 2.05) is 12.1 Å². The first kappa shape index (κ1) is 19.6. The fourth-order valence-corrected chi connectivity index (χ4v) is 4.63. The van der Waals surface area contributed by atoms with Crippen molar-refractivity contribution >= 4 is 45.7 Å². The average Bonchev–Trinajstić information content (AvgIpc) is 3.28. The molecule has 1 N–H and O–H groups in total. The van der Waals surface area contributed by atoms with E-state index < -0.39 is 5.92 Å². The van der Waals surface area contributed by atoms with Gasteiger partial charge in [-0.05, 0) is 30.7 Å². The smallest absolute Gasteiger partial charge is 0.231 e. The molecule has 1 aromatic carbocycles. The lowest BCUT2D eigenvalue weighted by molar-refractivity contribution is -0.122. The van der Waals surface area contributed by atoms with Crippen molar-refractivity contribution in [2.45, 2.75) is 30.5 Å². The van der Waals surface area contributed by atoms with Crippen molar-refractivity contribution in [3.8, 4) is 5.75 Å². The molecule has 2 heterocycles. The highest BCUT2D eigenvalue weighted by Crippen LogP contribution is 2.29. The molecule has 0 bridgehead atoms. The number of ether oxygens (including phenoxy) is 1. The molecule has 2 aromatic rings. The van der Waals surface area contributed by atoms with E-state index in [2.05, 4.69) is 22.4 Å². The first-order valence-electron chi connectivity index (χ1n) is 8.82. The van der Waals surface area contributed by atoms with Crippen LogP contribution in [0.1, 0.15) is 26.2 Å². The molecule has 144 valence electrons. The average molecular weight is 407 g/mol. The Labute approximate surface area is 166 Å². The summed E-state index contributed by atoms with van der Waals surface area (Å²) in [4.78, 5) is 26.5. The number of anilines is 2. The maximum atomic E-state index is 12.5. The van der Waals surface area contributed by atoms with Gasteiger partial charge in [0.05, 0.1) is 13.0 Å². The van der Waals surface area contributed by atoms with Crippen LogP contribution in [0.25, 0.3) is 0 Å². The number of hydrogen-bond acceptors (Lipinski definition) is 7. The Morgan fingerprint density at radius 2 is 2.15 bits per heavy atom. The minimum atomic E-state index is -0.403. The molecule has 7 nitrogen and oxygen atoms in total. The van der Waals surface area contributed by atoms with E-state index in [9.17, 15) is 9.59 Å². The van der Waals surface area contributed by atoms with Crippen molar-refractivity contribution in [2.24, 2.45) is 5.92 Å². The van der Waals surface area contributed by atoms with Gasteiger partial charge in [-0.25, -0.2) is 0 Å². The maximum Gasteiger partial charge on any atom is 0.231 e. The first-order valence-corrected chi connectivity index (χ1v) is 10.6. The predicted octanol–water partition coefficient (Wildman–Crippen LogP) is 3.43. The number of rotatable bonds is 8. The number of nitrogens with zero attached hydrogens (tertiary/aromatic N) is 3. The summed E-state index contributed by atoms with van der Waals surface area (Å²) >= 11 is 3.02. The van der Waals surface area contributed by atoms with Crippen LogP contribution in [0.15, 0.2) is 28.6 Å². The van der Waals surface area contributed by atoms with E-state index in [-0.39, 0.29) is 18.2 Å². The van der Waals surface area contributed by atoms with Crippen LogP contribution < -0.4 is 15.0 Å². The van der Waals surface area contributed by atoms with Gasteiger partial charge in [-0.1, -0.05) is 36.4 Å². The summed E-state index contributed by atoms with van der Waals surface area (Å²) in [6.07, 6.45) is 2.45. The fraction of sp³-hybridized carbons (Fsp3) is 0.444. The van der Waals surface area contributed by atoms with Gasteiger partial charge in [0, 0.05) is 24.4 Å². The maximum absolute atomic E-state index is 12.5. The van der Waals surface area contributed by atoms with E-state index in [0.717, 1.165) is 34.4 Å². The van der Waals surface area contributed by atoms with Crippen LogP contribution in [0.4, 0.5) is 10.8 Å². The lowest BCUT2D eigenvalue weighted by atomic mass is 10.1. The molecule has 9 heteroatoms. The number of thioether (sulfide) groups is 1. The van der Waals surface area contributed by atoms with Crippen LogP contribution in [0.3, 0.4) is 0 Å². The second-order valence-corrected chi connectivity index (χ2v) is 8.49. The minimum Gasteiger partial charge on any atom is -0.497 e. The van der Waals surface area contributed by atoms with Crippen LogP contribution in [0.2, 0.25) is 0 Å². The number of carbonyl (C=O) groups is 2. The van der Waals surface area contributed by atoms with Crippen molar-refractivity contribution < 1.29 is 14.3 Å². The van der Waals surface area contributed by atoms with Gasteiger partial charge in [-0.3, -0.25) is 9.59 Å². The molecule has 2 amide bonds. The van der Waals surface area contributed by atoms with Crippen LogP contribution in [0, 0.1) is 5.92 Å². The Hall–Kier alpha value is -2.13. The van der Waals surface area contributed by atoms with E-state index in [0.29, 0.717) is 11.7 Å². The standard InChI is InChI=1S/C18H22N4O3S2/c1-3-4-9-26-18-21-20-17(27-18)19-16(24)12-10-15(23)22(11-12)13-5-7-14(25-2)8-6-13/h5-8,12H,3-4,9-11H2,1-2H3,(H,19,20,24)/t12-/m1/s1. The molecule has 27 heavy (non-hydrogen) atoms. The molecule has 1 aromatic heterocycles. The third kappa shape index (κ3) is 4.98. The quantitative estimate of drug-likeness (QED) is 0.411. The molecule has 1 fully saturated rings. The van der Waals surface area contributed by atoms with Gasteiger partial charge in [-0.2, -0.15) is 0 Å². The molecular weight excluding hydrogens is 384 g/mol. The van der Waals surface area contributed by atoms with Gasteiger partial charge in [0.2, 0.25) is 16.9 Å². The zero-order chi connectivity index (χ0) is 19.2. The van der Waals surface area contributed by atoms with E-state index in [1.54, 1.807) is 35.9 Å². The highest BCUT2D eigenvalue weighted by Gasteiger charge is 2.35. The van der Waals surface area contributed by atoms with Crippen molar-refractivity contribution in [2.75, 3.05) is 29.6 Å². The minimum absolute atomic E-state index is 0.0617. The van der Waals surface area contributed by atoms with Gasteiger partial charge in [0.15, 0.2) is 4.34 Å². The molecule has 0 unspecified atom stereocenters. The topological polar surface area (TPSA) is 84.4 Å². The third-order valence-corrected chi connectivity index (χ3v) is 6.30. The Bertz CT molecular complexity index is 794. The highest BCUT2D eigenvalue weighted by molar-refractivity contribution is 8.01. The van der Waals surface area contributed by atoms with Crippen LogP contribution in [-0.2, 0) is 9.59 Å². The second-order valence-electron chi connectivity index (χ2n) is 6.17. The number of aromatic nitrogens is 2. The molecule has 0 radical (unpaired) electrons. The monoisotopic (exact) mass is 406 g/mol. The predicted molar refractivity (Wildman–Crippen MR) is 108 cm³/mol. The molecular formula is C18H22N4O3S2. The summed E-state index contributed by atoms with van der Waals surface area (Å²) in [6, 6.07) is 7.24. The molecule has 1 atom stereocenters. The summed E-state index contributed by atoms with van der Waals surface area (Å²) in [6.45, 7) is 2.50. The van der Waals surface area contributed by atoms with Gasteiger partial charge < -0.3 is 15.0 Å². The molecule has 0 spiro atoms. The number of unbranched alkanes of at least 4 members (excludes halogenated alkanes) is 1. The van der Waals surface area contributed by atoms with Crippen molar-refractivity contribution in [1.82, 2.24) is 10.2 Å². The summed E-state index contributed by atoms with van der Waals surface area (Å²) in [5.41, 5.74) is 0.765. The van der Waals surface area contributed by atoms with Gasteiger partial charge in [0.25, 0.3) is 0 Å². The summed E-state index contributed by atoms with van der Waals surface area (Å²) in [5.74, 6) is 1.06. The van der Waals surface area contributed by atoms with Gasteiger partial charge in [0.1, 0.15) is 5.75 Å². The fourth-order valence-electron chi connectivity index (χ4n) is 2.72.